The molecule has 0 saturated carbocycles. The van der Waals surface area contributed by atoms with Crippen molar-refractivity contribution < 1.29 is 9.53 Å². The monoisotopic (exact) mass is 326 g/mol. The van der Waals surface area contributed by atoms with E-state index in [-0.39, 0.29) is 18.6 Å². The van der Waals surface area contributed by atoms with Gasteiger partial charge in [-0.15, -0.1) is 11.3 Å². The van der Waals surface area contributed by atoms with Gasteiger partial charge in [-0.25, -0.2) is 4.98 Å². The van der Waals surface area contributed by atoms with Crippen molar-refractivity contribution in [2.24, 2.45) is 5.73 Å². The van der Waals surface area contributed by atoms with Crippen LogP contribution in [0, 0.1) is 0 Å². The summed E-state index contributed by atoms with van der Waals surface area (Å²) in [6.07, 6.45) is 2.10. The van der Waals surface area contributed by atoms with Crippen molar-refractivity contribution in [2.45, 2.75) is 32.4 Å². The molecule has 6 nitrogen and oxygen atoms in total. The lowest BCUT2D eigenvalue weighted by Gasteiger charge is -2.34. The molecular formula is C15H26N4O2S. The van der Waals surface area contributed by atoms with Gasteiger partial charge in [-0.05, 0) is 13.0 Å². The molecule has 1 aliphatic heterocycles. The van der Waals surface area contributed by atoms with Gasteiger partial charge in [-0.3, -0.25) is 14.6 Å². The Morgan fingerprint density at radius 2 is 2.41 bits per heavy atom. The van der Waals surface area contributed by atoms with Crippen LogP contribution in [0.25, 0.3) is 0 Å². The molecule has 1 atom stereocenters. The summed E-state index contributed by atoms with van der Waals surface area (Å²) in [5.41, 5.74) is 5.22. The Labute approximate surface area is 136 Å². The molecule has 22 heavy (non-hydrogen) atoms. The molecule has 2 heterocycles. The summed E-state index contributed by atoms with van der Waals surface area (Å²) in [6, 6.07) is 0. The maximum atomic E-state index is 10.9. The zero-order valence-electron chi connectivity index (χ0n) is 13.6. The van der Waals surface area contributed by atoms with Gasteiger partial charge >= 0.3 is 0 Å². The quantitative estimate of drug-likeness (QED) is 0.805. The lowest BCUT2D eigenvalue weighted by molar-refractivity contribution is -0.119. The van der Waals surface area contributed by atoms with E-state index in [0.29, 0.717) is 12.5 Å². The van der Waals surface area contributed by atoms with E-state index >= 15 is 0 Å². The Hall–Kier alpha value is -1.02. The summed E-state index contributed by atoms with van der Waals surface area (Å²) in [4.78, 5) is 21.1. The number of hydrogen-bond donors (Lipinski definition) is 1. The summed E-state index contributed by atoms with van der Waals surface area (Å²) in [6.45, 7) is 8.74. The Morgan fingerprint density at radius 1 is 1.64 bits per heavy atom. The van der Waals surface area contributed by atoms with Gasteiger partial charge in [0.05, 0.1) is 25.8 Å². The van der Waals surface area contributed by atoms with Gasteiger partial charge in [0.25, 0.3) is 0 Å². The van der Waals surface area contributed by atoms with Crippen molar-refractivity contribution in [3.8, 4) is 0 Å². The van der Waals surface area contributed by atoms with Crippen LogP contribution in [0.5, 0.6) is 0 Å². The Morgan fingerprint density at radius 3 is 3.05 bits per heavy atom. The zero-order valence-corrected chi connectivity index (χ0v) is 14.4. The average Bonchev–Trinajstić information content (AvgIpc) is 2.86. The highest BCUT2D eigenvalue weighted by Crippen LogP contribution is 2.23. The molecule has 2 N–H and O–H groups in total. The summed E-state index contributed by atoms with van der Waals surface area (Å²) in [5, 5.41) is 1.16. The van der Waals surface area contributed by atoms with Crippen molar-refractivity contribution >= 4 is 17.2 Å². The fraction of sp³-hybridized carbons (Fsp3) is 0.733. The number of ether oxygens (including phenoxy) is 1. The topological polar surface area (TPSA) is 71.7 Å². The fourth-order valence-electron chi connectivity index (χ4n) is 2.57. The van der Waals surface area contributed by atoms with Crippen molar-refractivity contribution in [2.75, 3.05) is 39.8 Å². The first-order valence-corrected chi connectivity index (χ1v) is 8.51. The van der Waals surface area contributed by atoms with Crippen LogP contribution in [-0.4, -0.2) is 66.6 Å². The number of aromatic nitrogens is 1. The molecule has 1 fully saturated rings. The number of morpholine rings is 1. The summed E-state index contributed by atoms with van der Waals surface area (Å²) < 4.78 is 5.79. The van der Waals surface area contributed by atoms with E-state index in [9.17, 15) is 4.79 Å². The Bertz CT molecular complexity index is 492. The molecule has 1 saturated heterocycles. The molecular weight excluding hydrogens is 300 g/mol. The third kappa shape index (κ3) is 5.31. The Balaban J connectivity index is 1.83. The van der Waals surface area contributed by atoms with E-state index in [1.54, 1.807) is 11.3 Å². The zero-order chi connectivity index (χ0) is 16.1. The molecule has 1 aromatic heterocycles. The predicted octanol–water partition coefficient (Wildman–Crippen LogP) is 0.884. The van der Waals surface area contributed by atoms with Gasteiger partial charge in [0.15, 0.2) is 0 Å². The molecule has 0 radical (unpaired) electrons. The van der Waals surface area contributed by atoms with Crippen LogP contribution in [-0.2, 0) is 16.1 Å². The van der Waals surface area contributed by atoms with Gasteiger partial charge < -0.3 is 10.5 Å². The summed E-state index contributed by atoms with van der Waals surface area (Å²) in [7, 11) is 1.89. The second-order valence-electron chi connectivity index (χ2n) is 6.20. The van der Waals surface area contributed by atoms with E-state index in [1.165, 1.54) is 4.88 Å². The molecule has 1 aliphatic rings. The van der Waals surface area contributed by atoms with E-state index < -0.39 is 0 Å². The minimum Gasteiger partial charge on any atom is -0.374 e. The number of nitrogens with two attached hydrogens (primary N) is 1. The molecule has 2 rings (SSSR count). The Kier molecular flexibility index (Phi) is 6.31. The number of thiazole rings is 1. The minimum atomic E-state index is -0.306. The molecule has 0 aromatic carbocycles. The number of amides is 1. The smallest absolute Gasteiger partial charge is 0.231 e. The molecule has 1 aromatic rings. The maximum absolute atomic E-state index is 10.9. The molecule has 124 valence electrons. The average molecular weight is 326 g/mol. The number of carbonyl (C=O) groups is 1. The first kappa shape index (κ1) is 17.3. The number of nitrogens with zero attached hydrogens (tertiary/aromatic N) is 3. The van der Waals surface area contributed by atoms with Gasteiger partial charge in [-0.2, -0.15) is 0 Å². The predicted molar refractivity (Wildman–Crippen MR) is 87.9 cm³/mol. The van der Waals surface area contributed by atoms with E-state index in [0.717, 1.165) is 31.2 Å². The molecule has 0 unspecified atom stereocenters. The third-order valence-electron chi connectivity index (χ3n) is 3.66. The maximum Gasteiger partial charge on any atom is 0.231 e. The number of rotatable bonds is 7. The number of likely N-dealkylation sites (N-methyl/N-ethyl adjacent to an activating group) is 1. The number of primary amides is 1. The highest BCUT2D eigenvalue weighted by Gasteiger charge is 2.23. The first-order chi connectivity index (χ1) is 10.4. The van der Waals surface area contributed by atoms with Gasteiger partial charge in [0.2, 0.25) is 5.91 Å². The molecule has 0 spiro atoms. The lowest BCUT2D eigenvalue weighted by atomic mass is 10.2. The SMILES string of the molecule is CC(C)c1cnc(CN2CCO[C@H](CN(C)CC(N)=O)C2)s1. The molecule has 0 aliphatic carbocycles. The fourth-order valence-corrected chi connectivity index (χ4v) is 3.53. The normalized spacial score (nSPS) is 20.0. The largest absolute Gasteiger partial charge is 0.374 e. The van der Waals surface area contributed by atoms with Crippen LogP contribution in [0.3, 0.4) is 0 Å². The third-order valence-corrected chi connectivity index (χ3v) is 4.95. The van der Waals surface area contributed by atoms with E-state index in [2.05, 4.69) is 23.7 Å². The minimum absolute atomic E-state index is 0.114. The number of carbonyl (C=O) groups excluding carboxylic acids is 1. The van der Waals surface area contributed by atoms with Crippen LogP contribution in [0.15, 0.2) is 6.20 Å². The van der Waals surface area contributed by atoms with Crippen molar-refractivity contribution in [3.05, 3.63) is 16.1 Å². The van der Waals surface area contributed by atoms with Crippen LogP contribution in [0.4, 0.5) is 0 Å². The van der Waals surface area contributed by atoms with Gasteiger partial charge in [-0.1, -0.05) is 13.8 Å². The molecule has 0 bridgehead atoms. The molecule has 1 amide bonds. The van der Waals surface area contributed by atoms with Crippen LogP contribution < -0.4 is 5.73 Å². The lowest BCUT2D eigenvalue weighted by Crippen LogP contribution is -2.47. The number of hydrogen-bond acceptors (Lipinski definition) is 6. The second kappa shape index (κ2) is 8.01. The van der Waals surface area contributed by atoms with Crippen LogP contribution in [0.1, 0.15) is 29.7 Å². The second-order valence-corrected chi connectivity index (χ2v) is 7.35. The van der Waals surface area contributed by atoms with Crippen LogP contribution >= 0.6 is 11.3 Å². The molecule has 7 heteroatoms. The van der Waals surface area contributed by atoms with Gasteiger partial charge in [0.1, 0.15) is 5.01 Å². The van der Waals surface area contributed by atoms with Crippen molar-refractivity contribution in [1.29, 1.82) is 0 Å². The van der Waals surface area contributed by atoms with E-state index in [4.69, 9.17) is 10.5 Å². The first-order valence-electron chi connectivity index (χ1n) is 7.69. The highest BCUT2D eigenvalue weighted by atomic mass is 32.1. The van der Waals surface area contributed by atoms with Crippen molar-refractivity contribution in [1.82, 2.24) is 14.8 Å². The summed E-state index contributed by atoms with van der Waals surface area (Å²) >= 11 is 1.79. The van der Waals surface area contributed by atoms with Crippen molar-refractivity contribution in [3.63, 3.8) is 0 Å². The standard InChI is InChI=1S/C15H26N4O2S/c1-11(2)13-6-17-15(22-13)10-19-4-5-21-12(8-19)7-18(3)9-14(16)20/h6,11-12H,4-5,7-10H2,1-3H3,(H2,16,20)/t12-/m1/s1. The highest BCUT2D eigenvalue weighted by molar-refractivity contribution is 7.11. The summed E-state index contributed by atoms with van der Waals surface area (Å²) in [5.74, 6) is 0.227. The van der Waals surface area contributed by atoms with Gasteiger partial charge in [0, 0.05) is 30.7 Å². The van der Waals surface area contributed by atoms with Crippen LogP contribution in [0.2, 0.25) is 0 Å². The van der Waals surface area contributed by atoms with E-state index in [1.807, 2.05) is 18.1 Å².